The highest BCUT2D eigenvalue weighted by molar-refractivity contribution is 5.96. The maximum absolute atomic E-state index is 12.6. The van der Waals surface area contributed by atoms with Crippen molar-refractivity contribution in [2.45, 2.75) is 58.6 Å². The fraction of sp³-hybridized carbons (Fsp3) is 0.600. The van der Waals surface area contributed by atoms with Crippen LogP contribution >= 0.6 is 0 Å². The van der Waals surface area contributed by atoms with Gasteiger partial charge in [0.15, 0.2) is 17.6 Å². The maximum atomic E-state index is 12.6. The van der Waals surface area contributed by atoms with Gasteiger partial charge in [0.05, 0.1) is 24.7 Å². The number of nitro groups is 1. The SMILES string of the molecule is CCOc1cc(C(=O)O[C@@H](C)C(=O)N[C@H]2CCCC[C@@H]2C)c([N+](=O)[O-])cc1OC. The summed E-state index contributed by atoms with van der Waals surface area (Å²) in [5.41, 5.74) is -0.784. The quantitative estimate of drug-likeness (QED) is 0.399. The molecule has 0 heterocycles. The zero-order valence-electron chi connectivity index (χ0n) is 17.2. The summed E-state index contributed by atoms with van der Waals surface area (Å²) in [5, 5.41) is 14.3. The first-order chi connectivity index (χ1) is 13.8. The molecule has 1 N–H and O–H groups in total. The molecular weight excluding hydrogens is 380 g/mol. The Morgan fingerprint density at radius 2 is 1.97 bits per heavy atom. The molecule has 1 aliphatic rings. The molecule has 2 rings (SSSR count). The number of carbonyl (C=O) groups is 2. The topological polar surface area (TPSA) is 117 Å². The molecule has 0 spiro atoms. The van der Waals surface area contributed by atoms with E-state index in [4.69, 9.17) is 14.2 Å². The summed E-state index contributed by atoms with van der Waals surface area (Å²) < 4.78 is 15.7. The first-order valence-electron chi connectivity index (χ1n) is 9.79. The van der Waals surface area contributed by atoms with Gasteiger partial charge < -0.3 is 19.5 Å². The molecule has 1 amide bonds. The van der Waals surface area contributed by atoms with E-state index in [0.29, 0.717) is 5.92 Å². The third kappa shape index (κ3) is 5.58. The molecule has 0 unspecified atom stereocenters. The number of esters is 1. The smallest absolute Gasteiger partial charge is 0.346 e. The van der Waals surface area contributed by atoms with Crippen LogP contribution < -0.4 is 14.8 Å². The molecule has 160 valence electrons. The van der Waals surface area contributed by atoms with E-state index in [9.17, 15) is 19.7 Å². The molecule has 1 aromatic rings. The lowest BCUT2D eigenvalue weighted by molar-refractivity contribution is -0.385. The van der Waals surface area contributed by atoms with E-state index >= 15 is 0 Å². The summed E-state index contributed by atoms with van der Waals surface area (Å²) in [6.45, 7) is 5.54. The molecule has 0 bridgehead atoms. The maximum Gasteiger partial charge on any atom is 0.346 e. The van der Waals surface area contributed by atoms with Crippen molar-refractivity contribution in [1.29, 1.82) is 0 Å². The summed E-state index contributed by atoms with van der Waals surface area (Å²) in [6.07, 6.45) is 3.02. The van der Waals surface area contributed by atoms with Crippen molar-refractivity contribution in [2.24, 2.45) is 5.92 Å². The number of rotatable bonds is 8. The predicted molar refractivity (Wildman–Crippen MR) is 105 cm³/mol. The van der Waals surface area contributed by atoms with Gasteiger partial charge in [0.1, 0.15) is 5.56 Å². The third-order valence-electron chi connectivity index (χ3n) is 5.09. The van der Waals surface area contributed by atoms with Crippen molar-refractivity contribution >= 4 is 17.6 Å². The van der Waals surface area contributed by atoms with Gasteiger partial charge in [-0.3, -0.25) is 14.9 Å². The number of hydrogen-bond acceptors (Lipinski definition) is 7. The van der Waals surface area contributed by atoms with Crippen LogP contribution in [0.2, 0.25) is 0 Å². The Kier molecular flexibility index (Phi) is 7.81. The molecule has 1 saturated carbocycles. The third-order valence-corrected chi connectivity index (χ3v) is 5.09. The lowest BCUT2D eigenvalue weighted by Crippen LogP contribution is -2.46. The van der Waals surface area contributed by atoms with Gasteiger partial charge in [-0.15, -0.1) is 0 Å². The molecule has 0 saturated heterocycles. The minimum Gasteiger partial charge on any atom is -0.493 e. The number of amides is 1. The average Bonchev–Trinajstić information content (AvgIpc) is 2.69. The van der Waals surface area contributed by atoms with E-state index in [1.807, 2.05) is 0 Å². The number of nitrogens with one attached hydrogen (secondary N) is 1. The van der Waals surface area contributed by atoms with E-state index in [-0.39, 0.29) is 29.7 Å². The standard InChI is InChI=1S/C20H28N2O7/c1-5-28-18-10-14(16(22(25)26)11-17(18)27-4)20(24)29-13(3)19(23)21-15-9-7-6-8-12(15)2/h10-13,15H,5-9H2,1-4H3,(H,21,23)/t12-,13-,15-/m0/s1. The number of nitro benzene ring substituents is 1. The monoisotopic (exact) mass is 408 g/mol. The minimum absolute atomic E-state index is 0.0391. The highest BCUT2D eigenvalue weighted by Gasteiger charge is 2.30. The zero-order chi connectivity index (χ0) is 21.6. The molecule has 1 fully saturated rings. The lowest BCUT2D eigenvalue weighted by atomic mass is 9.86. The van der Waals surface area contributed by atoms with Gasteiger partial charge >= 0.3 is 5.97 Å². The summed E-state index contributed by atoms with van der Waals surface area (Å²) in [6, 6.07) is 2.35. The molecule has 0 radical (unpaired) electrons. The molecule has 1 aromatic carbocycles. The average molecular weight is 408 g/mol. The molecule has 3 atom stereocenters. The molecule has 1 aliphatic carbocycles. The van der Waals surface area contributed by atoms with E-state index in [2.05, 4.69) is 12.2 Å². The lowest BCUT2D eigenvalue weighted by Gasteiger charge is -2.30. The van der Waals surface area contributed by atoms with Crippen LogP contribution in [-0.2, 0) is 9.53 Å². The van der Waals surface area contributed by atoms with E-state index in [1.54, 1.807) is 6.92 Å². The number of benzene rings is 1. The number of methoxy groups -OCH3 is 1. The Bertz CT molecular complexity index is 765. The van der Waals surface area contributed by atoms with Crippen LogP contribution in [0.15, 0.2) is 12.1 Å². The van der Waals surface area contributed by atoms with Crippen molar-refractivity contribution in [2.75, 3.05) is 13.7 Å². The van der Waals surface area contributed by atoms with E-state index in [1.165, 1.54) is 20.1 Å². The summed E-state index contributed by atoms with van der Waals surface area (Å²) in [4.78, 5) is 35.7. The van der Waals surface area contributed by atoms with Gasteiger partial charge in [-0.1, -0.05) is 19.8 Å². The van der Waals surface area contributed by atoms with Crippen molar-refractivity contribution < 1.29 is 28.7 Å². The Balaban J connectivity index is 2.16. The van der Waals surface area contributed by atoms with Gasteiger partial charge in [0, 0.05) is 12.1 Å². The van der Waals surface area contributed by atoms with Crippen LogP contribution in [0.4, 0.5) is 5.69 Å². The molecule has 0 aromatic heterocycles. The van der Waals surface area contributed by atoms with Crippen LogP contribution in [-0.4, -0.2) is 42.7 Å². The zero-order valence-corrected chi connectivity index (χ0v) is 17.2. The normalized spacial score (nSPS) is 19.7. The number of carbonyl (C=O) groups excluding carboxylic acids is 2. The van der Waals surface area contributed by atoms with Crippen molar-refractivity contribution in [3.63, 3.8) is 0 Å². The Morgan fingerprint density at radius 1 is 1.28 bits per heavy atom. The van der Waals surface area contributed by atoms with Crippen LogP contribution in [0.5, 0.6) is 11.5 Å². The van der Waals surface area contributed by atoms with E-state index in [0.717, 1.165) is 31.7 Å². The van der Waals surface area contributed by atoms with Gasteiger partial charge in [-0.2, -0.15) is 0 Å². The molecular formula is C20H28N2O7. The van der Waals surface area contributed by atoms with Gasteiger partial charge in [-0.25, -0.2) is 4.79 Å². The first kappa shape index (κ1) is 22.4. The fourth-order valence-electron chi connectivity index (χ4n) is 3.40. The van der Waals surface area contributed by atoms with Gasteiger partial charge in [-0.05, 0) is 32.6 Å². The second-order valence-corrected chi connectivity index (χ2v) is 7.13. The van der Waals surface area contributed by atoms with Crippen molar-refractivity contribution in [1.82, 2.24) is 5.32 Å². The Morgan fingerprint density at radius 3 is 2.55 bits per heavy atom. The summed E-state index contributed by atoms with van der Waals surface area (Å²) >= 11 is 0. The van der Waals surface area contributed by atoms with Crippen LogP contribution in [0.25, 0.3) is 0 Å². The molecule has 29 heavy (non-hydrogen) atoms. The Hall–Kier alpha value is -2.84. The molecule has 0 aliphatic heterocycles. The van der Waals surface area contributed by atoms with Crippen molar-refractivity contribution in [3.05, 3.63) is 27.8 Å². The summed E-state index contributed by atoms with van der Waals surface area (Å²) in [5.74, 6) is -0.724. The van der Waals surface area contributed by atoms with Crippen LogP contribution in [0, 0.1) is 16.0 Å². The van der Waals surface area contributed by atoms with Gasteiger partial charge in [0.2, 0.25) is 0 Å². The first-order valence-corrected chi connectivity index (χ1v) is 9.79. The fourth-order valence-corrected chi connectivity index (χ4v) is 3.40. The summed E-state index contributed by atoms with van der Waals surface area (Å²) in [7, 11) is 1.35. The number of hydrogen-bond donors (Lipinski definition) is 1. The highest BCUT2D eigenvalue weighted by Crippen LogP contribution is 2.35. The van der Waals surface area contributed by atoms with E-state index < -0.39 is 28.6 Å². The van der Waals surface area contributed by atoms with Gasteiger partial charge in [0.25, 0.3) is 11.6 Å². The molecule has 9 heteroatoms. The molecule has 9 nitrogen and oxygen atoms in total. The Labute approximate surface area is 169 Å². The second kappa shape index (κ2) is 10.1. The van der Waals surface area contributed by atoms with Crippen molar-refractivity contribution in [3.8, 4) is 11.5 Å². The highest BCUT2D eigenvalue weighted by atomic mass is 16.6. The number of nitrogens with zero attached hydrogens (tertiary/aromatic N) is 1. The minimum atomic E-state index is -1.09. The second-order valence-electron chi connectivity index (χ2n) is 7.13. The number of ether oxygens (including phenoxy) is 3. The predicted octanol–water partition coefficient (Wildman–Crippen LogP) is 3.24. The largest absolute Gasteiger partial charge is 0.493 e. The van der Waals surface area contributed by atoms with Crippen LogP contribution in [0.3, 0.4) is 0 Å². The van der Waals surface area contributed by atoms with Crippen LogP contribution in [0.1, 0.15) is 56.8 Å².